The third kappa shape index (κ3) is 36.4. The van der Waals surface area contributed by atoms with Crippen LogP contribution in [0.3, 0.4) is 0 Å². The highest BCUT2D eigenvalue weighted by molar-refractivity contribution is 7.47. The molecule has 12 heteroatoms. The molecule has 3 atom stereocenters. The van der Waals surface area contributed by atoms with Crippen LogP contribution in [-0.2, 0) is 32.7 Å². The number of amides is 1. The third-order valence-corrected chi connectivity index (χ3v) is 9.63. The molecule has 0 saturated carbocycles. The van der Waals surface area contributed by atoms with E-state index < -0.39 is 57.6 Å². The van der Waals surface area contributed by atoms with Crippen LogP contribution < -0.4 is 5.32 Å². The molecule has 0 aromatic rings. The molecule has 0 heterocycles. The number of ether oxygens (including phenoxy) is 1. The fraction of sp³-hybridized carbons (Fsp3) is 0.780. The quantitative estimate of drug-likeness (QED) is 0.0205. The molecule has 53 heavy (non-hydrogen) atoms. The van der Waals surface area contributed by atoms with E-state index in [1.54, 1.807) is 0 Å². The van der Waals surface area contributed by atoms with E-state index in [-0.39, 0.29) is 12.8 Å². The summed E-state index contributed by atoms with van der Waals surface area (Å²) in [4.78, 5) is 45.7. The average Bonchev–Trinajstić information content (AvgIpc) is 3.13. The Bertz CT molecular complexity index is 1050. The monoisotopic (exact) mass is 772 g/mol. The molecule has 308 valence electrons. The largest absolute Gasteiger partial charge is 0.480 e. The van der Waals surface area contributed by atoms with Gasteiger partial charge in [0.15, 0.2) is 6.04 Å². The molecule has 0 fully saturated rings. The predicted octanol–water partition coefficient (Wildman–Crippen LogP) is 10.1. The lowest BCUT2D eigenvalue weighted by molar-refractivity contribution is -0.147. The van der Waals surface area contributed by atoms with Crippen LogP contribution in [-0.4, -0.2) is 64.9 Å². The number of carboxylic acids is 1. The zero-order valence-corrected chi connectivity index (χ0v) is 34.0. The van der Waals surface area contributed by atoms with E-state index in [2.05, 4.69) is 55.6 Å². The minimum absolute atomic E-state index is 0.131. The van der Waals surface area contributed by atoms with Crippen LogP contribution >= 0.6 is 7.82 Å². The molecule has 0 bridgehead atoms. The Labute approximate surface area is 321 Å². The van der Waals surface area contributed by atoms with Crippen molar-refractivity contribution < 1.29 is 47.8 Å². The maximum atomic E-state index is 12.3. The topological polar surface area (TPSA) is 169 Å². The summed E-state index contributed by atoms with van der Waals surface area (Å²) in [6.45, 7) is 2.53. The molecule has 0 rings (SSSR count). The van der Waals surface area contributed by atoms with Crippen LogP contribution in [0.1, 0.15) is 174 Å². The Balaban J connectivity index is 3.96. The van der Waals surface area contributed by atoms with E-state index in [1.807, 2.05) is 0 Å². The van der Waals surface area contributed by atoms with Crippen molar-refractivity contribution >= 4 is 25.7 Å². The standard InChI is InChI=1S/C41H74NO10P/c1-3-5-7-9-11-13-15-16-17-18-19-20-21-22-23-24-26-28-30-32-39(44)42-38(41(46)47)36-52-53(48,49)51-35-37(43)34-50-40(45)33-31-29-27-25-14-12-10-8-6-4-2/h11,13,16-17,19-20,37-38,43H,3-10,12,14-15,18,21-36H2,1-2H3,(H,42,44)(H,46,47)(H,48,49)/b13-11-,17-16-,20-19-. The predicted molar refractivity (Wildman–Crippen MR) is 212 cm³/mol. The summed E-state index contributed by atoms with van der Waals surface area (Å²) in [5, 5.41) is 21.7. The summed E-state index contributed by atoms with van der Waals surface area (Å²) >= 11 is 0. The third-order valence-electron chi connectivity index (χ3n) is 8.68. The molecule has 3 unspecified atom stereocenters. The van der Waals surface area contributed by atoms with Gasteiger partial charge in [-0.15, -0.1) is 0 Å². The highest BCUT2D eigenvalue weighted by Crippen LogP contribution is 2.43. The number of hydrogen-bond donors (Lipinski definition) is 4. The van der Waals surface area contributed by atoms with E-state index in [1.165, 1.54) is 64.2 Å². The van der Waals surface area contributed by atoms with E-state index >= 15 is 0 Å². The van der Waals surface area contributed by atoms with E-state index in [9.17, 15) is 34.1 Å². The van der Waals surface area contributed by atoms with Crippen LogP contribution in [0, 0.1) is 0 Å². The highest BCUT2D eigenvalue weighted by Gasteiger charge is 2.28. The molecule has 0 aliphatic rings. The summed E-state index contributed by atoms with van der Waals surface area (Å²) in [7, 11) is -4.75. The number of esters is 1. The number of aliphatic hydroxyl groups is 1. The minimum atomic E-state index is -4.75. The van der Waals surface area contributed by atoms with Crippen LogP contribution in [0.4, 0.5) is 0 Å². The Morgan fingerprint density at radius 3 is 1.58 bits per heavy atom. The maximum absolute atomic E-state index is 12.3. The fourth-order valence-electron chi connectivity index (χ4n) is 5.44. The number of carbonyl (C=O) groups excluding carboxylic acids is 2. The SMILES string of the molecule is CCCCC/C=C\C/C=C\C/C=C\CCCCCCCCC(=O)NC(COP(=O)(O)OCC(O)COC(=O)CCCCCCCCCCCC)C(=O)O. The van der Waals surface area contributed by atoms with Crippen LogP contribution in [0.2, 0.25) is 0 Å². The van der Waals surface area contributed by atoms with Gasteiger partial charge in [0.05, 0.1) is 13.2 Å². The van der Waals surface area contributed by atoms with E-state index in [4.69, 9.17) is 13.8 Å². The molecular formula is C41H74NO10P. The van der Waals surface area contributed by atoms with Gasteiger partial charge in [-0.05, 0) is 51.4 Å². The number of allylic oxidation sites excluding steroid dienone is 6. The molecule has 0 aliphatic heterocycles. The lowest BCUT2D eigenvalue weighted by Gasteiger charge is -2.18. The second-order valence-electron chi connectivity index (χ2n) is 13.8. The Hall–Kier alpha value is -2.30. The van der Waals surface area contributed by atoms with E-state index in [0.717, 1.165) is 70.6 Å². The number of phosphoric ester groups is 1. The second-order valence-corrected chi connectivity index (χ2v) is 15.3. The molecule has 0 aromatic carbocycles. The van der Waals surface area contributed by atoms with Crippen LogP contribution in [0.25, 0.3) is 0 Å². The van der Waals surface area contributed by atoms with Gasteiger partial charge in [0.1, 0.15) is 12.7 Å². The van der Waals surface area contributed by atoms with Gasteiger partial charge in [0.25, 0.3) is 0 Å². The average molecular weight is 772 g/mol. The molecular weight excluding hydrogens is 697 g/mol. The molecule has 0 aliphatic carbocycles. The summed E-state index contributed by atoms with van der Waals surface area (Å²) in [6.07, 6.45) is 37.4. The number of aliphatic hydroxyl groups excluding tert-OH is 1. The number of phosphoric acid groups is 1. The zero-order valence-electron chi connectivity index (χ0n) is 33.1. The lowest BCUT2D eigenvalue weighted by atomic mass is 10.1. The normalized spacial score (nSPS) is 14.2. The van der Waals surface area contributed by atoms with Gasteiger partial charge < -0.3 is 25.2 Å². The van der Waals surface area contributed by atoms with Crippen molar-refractivity contribution in [1.82, 2.24) is 5.32 Å². The summed E-state index contributed by atoms with van der Waals surface area (Å²) < 4.78 is 26.7. The first-order valence-electron chi connectivity index (χ1n) is 20.5. The summed E-state index contributed by atoms with van der Waals surface area (Å²) in [5.41, 5.74) is 0. The Morgan fingerprint density at radius 2 is 1.04 bits per heavy atom. The fourth-order valence-corrected chi connectivity index (χ4v) is 6.21. The van der Waals surface area contributed by atoms with Gasteiger partial charge in [0.2, 0.25) is 5.91 Å². The Morgan fingerprint density at radius 1 is 0.604 bits per heavy atom. The summed E-state index contributed by atoms with van der Waals surface area (Å²) in [6, 6.07) is -1.55. The Kier molecular flexibility index (Phi) is 35.1. The second kappa shape index (κ2) is 36.7. The number of hydrogen-bond acceptors (Lipinski definition) is 8. The molecule has 0 saturated heterocycles. The zero-order chi connectivity index (χ0) is 39.3. The first kappa shape index (κ1) is 50.7. The molecule has 0 spiro atoms. The number of carboxylic acid groups (broad SMARTS) is 1. The van der Waals surface area contributed by atoms with E-state index in [0.29, 0.717) is 12.8 Å². The first-order chi connectivity index (χ1) is 25.6. The number of rotatable bonds is 38. The number of aliphatic carboxylic acids is 1. The van der Waals surface area contributed by atoms with Gasteiger partial charge >= 0.3 is 19.8 Å². The van der Waals surface area contributed by atoms with Crippen molar-refractivity contribution in [1.29, 1.82) is 0 Å². The van der Waals surface area contributed by atoms with Gasteiger partial charge in [-0.25, -0.2) is 9.36 Å². The number of carbonyl (C=O) groups is 3. The maximum Gasteiger partial charge on any atom is 0.472 e. The molecule has 0 aromatic heterocycles. The first-order valence-corrected chi connectivity index (χ1v) is 22.0. The van der Waals surface area contributed by atoms with Crippen molar-refractivity contribution in [3.63, 3.8) is 0 Å². The van der Waals surface area contributed by atoms with Gasteiger partial charge in [-0.2, -0.15) is 0 Å². The van der Waals surface area contributed by atoms with Crippen molar-refractivity contribution in [3.8, 4) is 0 Å². The van der Waals surface area contributed by atoms with Crippen LogP contribution in [0.5, 0.6) is 0 Å². The van der Waals surface area contributed by atoms with Crippen molar-refractivity contribution in [3.05, 3.63) is 36.5 Å². The lowest BCUT2D eigenvalue weighted by Crippen LogP contribution is -2.43. The number of unbranched alkanes of at least 4 members (excludes halogenated alkanes) is 18. The number of nitrogens with one attached hydrogen (secondary N) is 1. The van der Waals surface area contributed by atoms with Crippen LogP contribution in [0.15, 0.2) is 36.5 Å². The van der Waals surface area contributed by atoms with Gasteiger partial charge in [0, 0.05) is 12.8 Å². The minimum Gasteiger partial charge on any atom is -0.480 e. The van der Waals surface area contributed by atoms with Gasteiger partial charge in [-0.3, -0.25) is 18.6 Å². The molecule has 0 radical (unpaired) electrons. The molecule has 11 nitrogen and oxygen atoms in total. The van der Waals surface area contributed by atoms with Gasteiger partial charge in [-0.1, -0.05) is 147 Å². The van der Waals surface area contributed by atoms with Crippen molar-refractivity contribution in [2.75, 3.05) is 19.8 Å². The van der Waals surface area contributed by atoms with Crippen molar-refractivity contribution in [2.45, 2.75) is 187 Å². The van der Waals surface area contributed by atoms with Crippen molar-refractivity contribution in [2.24, 2.45) is 0 Å². The molecule has 4 N–H and O–H groups in total. The summed E-state index contributed by atoms with van der Waals surface area (Å²) in [5.74, 6) is -2.39. The molecule has 1 amide bonds. The smallest absolute Gasteiger partial charge is 0.472 e. The highest BCUT2D eigenvalue weighted by atomic mass is 31.2.